The van der Waals surface area contributed by atoms with Crippen molar-refractivity contribution in [2.24, 2.45) is 0 Å². The molecule has 0 aliphatic heterocycles. The van der Waals surface area contributed by atoms with E-state index in [9.17, 15) is 0 Å². The predicted molar refractivity (Wildman–Crippen MR) is 40.7 cm³/mol. The van der Waals surface area contributed by atoms with Crippen LogP contribution in [0.15, 0.2) is 0 Å². The standard InChI is InChI=1S/C7H15NO2/c1-5-8(6-2)7(9-3)10-4/h3,5-6H2,1-2,4H3. The zero-order valence-electron chi connectivity index (χ0n) is 6.89. The molecule has 0 spiro atoms. The van der Waals surface area contributed by atoms with Crippen LogP contribution < -0.4 is 0 Å². The second-order valence-corrected chi connectivity index (χ2v) is 1.79. The molecular weight excluding hydrogens is 130 g/mol. The van der Waals surface area contributed by atoms with Crippen LogP contribution in [0.2, 0.25) is 0 Å². The molecule has 10 heavy (non-hydrogen) atoms. The van der Waals surface area contributed by atoms with Gasteiger partial charge >= 0.3 is 6.09 Å². The van der Waals surface area contributed by atoms with Gasteiger partial charge in [-0.15, -0.1) is 0 Å². The van der Waals surface area contributed by atoms with E-state index in [1.165, 1.54) is 0 Å². The lowest BCUT2D eigenvalue weighted by molar-refractivity contribution is -0.0806. The molecule has 0 saturated carbocycles. The summed E-state index contributed by atoms with van der Waals surface area (Å²) in [4.78, 5) is 1.94. The molecule has 0 aromatic rings. The molecular formula is C7H15NO2. The Morgan fingerprint density at radius 3 is 2.10 bits per heavy atom. The first kappa shape index (κ1) is 9.14. The van der Waals surface area contributed by atoms with Gasteiger partial charge in [-0.3, -0.25) is 0 Å². The smallest absolute Gasteiger partial charge is 0.451 e. The van der Waals surface area contributed by atoms with Crippen LogP contribution in [0.3, 0.4) is 0 Å². The van der Waals surface area contributed by atoms with Gasteiger partial charge in [0.1, 0.15) is 0 Å². The zero-order valence-corrected chi connectivity index (χ0v) is 6.89. The quantitative estimate of drug-likeness (QED) is 0.426. The number of rotatable bonds is 2. The van der Waals surface area contributed by atoms with Gasteiger partial charge in [0, 0.05) is 20.2 Å². The van der Waals surface area contributed by atoms with Gasteiger partial charge in [-0.2, -0.15) is 0 Å². The Morgan fingerprint density at radius 2 is 2.00 bits per heavy atom. The molecule has 1 amide bonds. The van der Waals surface area contributed by atoms with Crippen molar-refractivity contribution >= 4 is 6.09 Å². The third-order valence-corrected chi connectivity index (χ3v) is 1.32. The third kappa shape index (κ3) is 2.17. The largest absolute Gasteiger partial charge is 0.452 e. The van der Waals surface area contributed by atoms with Crippen molar-refractivity contribution in [1.29, 1.82) is 0 Å². The minimum Gasteiger partial charge on any atom is -0.452 e. The Kier molecular flexibility index (Phi) is 4.54. The first-order valence-corrected chi connectivity index (χ1v) is 3.38. The van der Waals surface area contributed by atoms with E-state index >= 15 is 0 Å². The van der Waals surface area contributed by atoms with E-state index in [0.29, 0.717) is 6.09 Å². The molecule has 0 bridgehead atoms. The molecule has 0 aromatic heterocycles. The molecule has 60 valence electrons. The van der Waals surface area contributed by atoms with Crippen molar-refractivity contribution in [2.45, 2.75) is 13.8 Å². The van der Waals surface area contributed by atoms with Gasteiger partial charge in [0.25, 0.3) is 0 Å². The van der Waals surface area contributed by atoms with E-state index in [1.54, 1.807) is 7.11 Å². The Labute approximate surface area is 62.3 Å². The normalized spacial score (nSPS) is 11.3. The van der Waals surface area contributed by atoms with Crippen LogP contribution >= 0.6 is 0 Å². The second kappa shape index (κ2) is 4.97. The van der Waals surface area contributed by atoms with Gasteiger partial charge in [0.05, 0.1) is 0 Å². The SMILES string of the molecule is [CH2-]/[O+]=C(\OC)N(CC)CC. The molecule has 0 saturated heterocycles. The van der Waals surface area contributed by atoms with Gasteiger partial charge in [-0.05, 0) is 13.8 Å². The Hall–Kier alpha value is -0.860. The van der Waals surface area contributed by atoms with Gasteiger partial charge < -0.3 is 14.1 Å². The molecule has 0 rings (SSSR count). The highest BCUT2D eigenvalue weighted by Gasteiger charge is 2.08. The minimum absolute atomic E-state index is 0.477. The number of hydrogen-bond donors (Lipinski definition) is 0. The monoisotopic (exact) mass is 145 g/mol. The lowest BCUT2D eigenvalue weighted by Crippen LogP contribution is -2.30. The maximum Gasteiger partial charge on any atom is 0.451 e. The number of carbonyl (C=O) groups excluding carboxylic acids is 1. The van der Waals surface area contributed by atoms with E-state index in [0.717, 1.165) is 13.1 Å². The average molecular weight is 145 g/mol. The maximum absolute atomic E-state index is 4.90. The lowest BCUT2D eigenvalue weighted by atomic mass is 10.6. The van der Waals surface area contributed by atoms with Gasteiger partial charge in [-0.25, -0.2) is 0 Å². The summed E-state index contributed by atoms with van der Waals surface area (Å²) in [7, 11) is 4.84. The van der Waals surface area contributed by atoms with Crippen LogP contribution in [0, 0.1) is 7.11 Å². The fourth-order valence-electron chi connectivity index (χ4n) is 0.761. The molecule has 0 N–H and O–H groups in total. The number of nitrogens with zero attached hydrogens (tertiary/aromatic N) is 1. The summed E-state index contributed by atoms with van der Waals surface area (Å²) >= 11 is 0. The van der Waals surface area contributed by atoms with Crippen LogP contribution in [0.4, 0.5) is 4.42 Å². The van der Waals surface area contributed by atoms with Crippen molar-refractivity contribution in [1.82, 2.24) is 4.90 Å². The average Bonchev–Trinajstić information content (AvgIpc) is 2.00. The topological polar surface area (TPSA) is 23.8 Å². The van der Waals surface area contributed by atoms with Crippen LogP contribution in [-0.2, 0) is 4.74 Å². The van der Waals surface area contributed by atoms with Crippen molar-refractivity contribution in [3.63, 3.8) is 0 Å². The Balaban J connectivity index is 3.97. The van der Waals surface area contributed by atoms with Crippen LogP contribution in [0.25, 0.3) is 0 Å². The highest BCUT2D eigenvalue weighted by atomic mass is 16.6. The van der Waals surface area contributed by atoms with E-state index in [-0.39, 0.29) is 0 Å². The number of methoxy groups -OCH3 is 1. The Morgan fingerprint density at radius 1 is 1.50 bits per heavy atom. The molecule has 0 radical (unpaired) electrons. The summed E-state index contributed by atoms with van der Waals surface area (Å²) in [5.41, 5.74) is 0. The van der Waals surface area contributed by atoms with Gasteiger partial charge in [-0.1, -0.05) is 0 Å². The fourth-order valence-corrected chi connectivity index (χ4v) is 0.761. The fraction of sp³-hybridized carbons (Fsp3) is 0.714. The number of amides is 1. The van der Waals surface area contributed by atoms with Crippen molar-refractivity contribution in [3.8, 4) is 0 Å². The summed E-state index contributed by atoms with van der Waals surface area (Å²) in [5, 5.41) is 0. The summed E-state index contributed by atoms with van der Waals surface area (Å²) in [6.45, 7) is 5.80. The first-order chi connectivity index (χ1) is 4.79. The Bertz CT molecular complexity index is 108. The maximum atomic E-state index is 4.90. The summed E-state index contributed by atoms with van der Waals surface area (Å²) < 4.78 is 9.62. The minimum atomic E-state index is 0.477. The summed E-state index contributed by atoms with van der Waals surface area (Å²) in [6.07, 6.45) is 0.477. The molecule has 3 heteroatoms. The first-order valence-electron chi connectivity index (χ1n) is 3.38. The number of ether oxygens (including phenoxy) is 1. The molecule has 0 heterocycles. The molecule has 0 aliphatic rings. The molecule has 0 atom stereocenters. The van der Waals surface area contributed by atoms with E-state index in [4.69, 9.17) is 9.16 Å². The highest BCUT2D eigenvalue weighted by molar-refractivity contribution is 5.67. The lowest BCUT2D eigenvalue weighted by Gasteiger charge is -2.17. The van der Waals surface area contributed by atoms with Crippen LogP contribution in [0.5, 0.6) is 0 Å². The van der Waals surface area contributed by atoms with E-state index < -0.39 is 0 Å². The third-order valence-electron chi connectivity index (χ3n) is 1.32. The summed E-state index contributed by atoms with van der Waals surface area (Å²) in [5.74, 6) is 0. The summed E-state index contributed by atoms with van der Waals surface area (Å²) in [6, 6.07) is 0. The van der Waals surface area contributed by atoms with E-state index in [1.807, 2.05) is 18.7 Å². The second-order valence-electron chi connectivity index (χ2n) is 1.79. The van der Waals surface area contributed by atoms with Crippen LogP contribution in [0.1, 0.15) is 13.8 Å². The molecule has 0 aromatic carbocycles. The van der Waals surface area contributed by atoms with Gasteiger partial charge in [0.2, 0.25) is 0 Å². The molecule has 0 unspecified atom stereocenters. The zero-order chi connectivity index (χ0) is 7.98. The van der Waals surface area contributed by atoms with Crippen molar-refractivity contribution in [2.75, 3.05) is 20.2 Å². The van der Waals surface area contributed by atoms with Crippen molar-refractivity contribution in [3.05, 3.63) is 7.11 Å². The molecule has 0 fully saturated rings. The van der Waals surface area contributed by atoms with E-state index in [2.05, 4.69) is 7.11 Å². The number of hydrogen-bond acceptors (Lipinski definition) is 1. The highest BCUT2D eigenvalue weighted by Crippen LogP contribution is 1.94. The predicted octanol–water partition coefficient (Wildman–Crippen LogP) is 1.42. The molecule has 3 nitrogen and oxygen atoms in total. The van der Waals surface area contributed by atoms with Crippen LogP contribution in [-0.4, -0.2) is 31.2 Å². The molecule has 0 aliphatic carbocycles. The van der Waals surface area contributed by atoms with Gasteiger partial charge in [0.15, 0.2) is 7.11 Å². The van der Waals surface area contributed by atoms with Crippen molar-refractivity contribution < 1.29 is 9.16 Å².